The summed E-state index contributed by atoms with van der Waals surface area (Å²) in [6, 6.07) is 0. The number of ether oxygens (including phenoxy) is 1. The Morgan fingerprint density at radius 3 is 1.03 bits per heavy atom. The molecule has 1 saturated heterocycles. The van der Waals surface area contributed by atoms with E-state index in [4.69, 9.17) is 4.74 Å². The van der Waals surface area contributed by atoms with E-state index in [0.29, 0.717) is 39.2 Å². The largest absolute Gasteiger partial charge is 0.464 e. The van der Waals surface area contributed by atoms with Crippen LogP contribution in [0.15, 0.2) is 48.6 Å². The molecule has 0 bridgehead atoms. The topological polar surface area (TPSA) is 120 Å². The molecule has 4 unspecified atom stereocenters. The highest BCUT2D eigenvalue weighted by Gasteiger charge is 2.20. The van der Waals surface area contributed by atoms with E-state index < -0.39 is 0 Å². The van der Waals surface area contributed by atoms with E-state index in [1.54, 1.807) is 0 Å². The molecule has 94 heavy (non-hydrogen) atoms. The fraction of sp³-hybridized carbons (Fsp3) is 0.890. The lowest BCUT2D eigenvalue weighted by molar-refractivity contribution is -0.144. The summed E-state index contributed by atoms with van der Waals surface area (Å²) in [5, 5.41) is 44.6. The Morgan fingerprint density at radius 1 is 0.362 bits per heavy atom. The SMILES string of the molecule is CCCCC/C=C\C/C=C\CCCCCCC(O)CN(CCCCSSCCCN1CCN(CCOC(=O)CCCCN(CC(O)CCCCCCCCCCCC)CC(O)CCCCCCCCCCCC)CC1)CC(O)CCCCCC/C=C\C/C=C\CCCCC. The third-order valence-corrected chi connectivity index (χ3v) is 21.7. The van der Waals surface area contributed by atoms with Gasteiger partial charge in [-0.2, -0.15) is 0 Å². The first-order valence-electron chi connectivity index (χ1n) is 40.8. The molecule has 0 radical (unpaired) electrons. The van der Waals surface area contributed by atoms with Crippen molar-refractivity contribution in [3.05, 3.63) is 48.6 Å². The molecule has 0 saturated carbocycles. The second-order valence-electron chi connectivity index (χ2n) is 28.5. The number of carbonyl (C=O) groups excluding carboxylic acids is 1. The van der Waals surface area contributed by atoms with Crippen LogP contribution in [0.3, 0.4) is 0 Å². The summed E-state index contributed by atoms with van der Waals surface area (Å²) in [5.41, 5.74) is 0. The van der Waals surface area contributed by atoms with E-state index in [9.17, 15) is 25.2 Å². The first-order chi connectivity index (χ1) is 46.2. The molecule has 1 fully saturated rings. The number of hydrogen-bond donors (Lipinski definition) is 4. The first-order valence-corrected chi connectivity index (χ1v) is 43.3. The zero-order valence-corrected chi connectivity index (χ0v) is 64.2. The van der Waals surface area contributed by atoms with Crippen LogP contribution >= 0.6 is 21.6 Å². The lowest BCUT2D eigenvalue weighted by Crippen LogP contribution is -2.47. The molecule has 0 amide bonds. The second kappa shape index (κ2) is 73.0. The number of allylic oxidation sites excluding steroid dienone is 8. The molecule has 0 spiro atoms. The monoisotopic (exact) mass is 1360 g/mol. The normalized spacial score (nSPS) is 15.0. The number of aliphatic hydroxyl groups is 4. The Hall–Kier alpha value is -1.19. The van der Waals surface area contributed by atoms with Gasteiger partial charge >= 0.3 is 5.97 Å². The summed E-state index contributed by atoms with van der Waals surface area (Å²) in [7, 11) is 4.01. The smallest absolute Gasteiger partial charge is 0.305 e. The van der Waals surface area contributed by atoms with Crippen LogP contribution in [0.4, 0.5) is 0 Å². The molecule has 0 aromatic rings. The molecule has 10 nitrogen and oxygen atoms in total. The third kappa shape index (κ3) is 65.4. The summed E-state index contributed by atoms with van der Waals surface area (Å²) in [4.78, 5) is 22.5. The highest BCUT2D eigenvalue weighted by Crippen LogP contribution is 2.24. The summed E-state index contributed by atoms with van der Waals surface area (Å²) < 4.78 is 5.74. The van der Waals surface area contributed by atoms with Crippen LogP contribution in [0.5, 0.6) is 0 Å². The van der Waals surface area contributed by atoms with Crippen LogP contribution in [0.25, 0.3) is 0 Å². The number of hydrogen-bond acceptors (Lipinski definition) is 12. The number of rotatable bonds is 74. The molecular formula is C82H158N4O6S2. The van der Waals surface area contributed by atoms with Gasteiger partial charge in [0.05, 0.1) is 24.4 Å². The van der Waals surface area contributed by atoms with Crippen molar-refractivity contribution in [3.63, 3.8) is 0 Å². The summed E-state index contributed by atoms with van der Waals surface area (Å²) in [6.45, 7) is 19.8. The lowest BCUT2D eigenvalue weighted by Gasteiger charge is -2.34. The summed E-state index contributed by atoms with van der Waals surface area (Å²) in [5.74, 6) is 2.18. The van der Waals surface area contributed by atoms with E-state index in [2.05, 4.69) is 95.9 Å². The van der Waals surface area contributed by atoms with E-state index in [0.717, 1.165) is 167 Å². The average molecular weight is 1360 g/mol. The minimum absolute atomic E-state index is 0.111. The molecule has 4 N–H and O–H groups in total. The van der Waals surface area contributed by atoms with E-state index >= 15 is 0 Å². The van der Waals surface area contributed by atoms with Crippen LogP contribution in [-0.2, 0) is 9.53 Å². The predicted molar refractivity (Wildman–Crippen MR) is 416 cm³/mol. The van der Waals surface area contributed by atoms with Gasteiger partial charge < -0.3 is 30.1 Å². The number of piperazine rings is 1. The van der Waals surface area contributed by atoms with E-state index in [-0.39, 0.29) is 30.4 Å². The van der Waals surface area contributed by atoms with Gasteiger partial charge in [-0.05, 0) is 142 Å². The van der Waals surface area contributed by atoms with Crippen molar-refractivity contribution in [1.29, 1.82) is 0 Å². The number of esters is 1. The minimum Gasteiger partial charge on any atom is -0.464 e. The van der Waals surface area contributed by atoms with Crippen molar-refractivity contribution in [2.75, 3.05) is 96.6 Å². The number of nitrogens with zero attached hydrogens (tertiary/aromatic N) is 4. The molecule has 1 heterocycles. The van der Waals surface area contributed by atoms with Gasteiger partial charge in [0.15, 0.2) is 0 Å². The van der Waals surface area contributed by atoms with Crippen molar-refractivity contribution >= 4 is 27.6 Å². The highest BCUT2D eigenvalue weighted by molar-refractivity contribution is 8.76. The Balaban J connectivity index is 2.38. The number of carbonyl (C=O) groups is 1. The summed E-state index contributed by atoms with van der Waals surface area (Å²) in [6.07, 6.45) is 75.8. The van der Waals surface area contributed by atoms with Crippen LogP contribution in [0.1, 0.15) is 349 Å². The van der Waals surface area contributed by atoms with Gasteiger partial charge in [0.2, 0.25) is 0 Å². The molecule has 0 aromatic carbocycles. The van der Waals surface area contributed by atoms with Crippen molar-refractivity contribution in [2.24, 2.45) is 0 Å². The molecule has 0 aliphatic carbocycles. The highest BCUT2D eigenvalue weighted by atomic mass is 33.1. The van der Waals surface area contributed by atoms with Crippen LogP contribution < -0.4 is 0 Å². The molecule has 554 valence electrons. The fourth-order valence-electron chi connectivity index (χ4n) is 13.0. The molecule has 1 rings (SSSR count). The van der Waals surface area contributed by atoms with Gasteiger partial charge in [-0.3, -0.25) is 19.5 Å². The second-order valence-corrected chi connectivity index (χ2v) is 31.2. The average Bonchev–Trinajstić information content (AvgIpc) is 3.20. The van der Waals surface area contributed by atoms with Gasteiger partial charge in [-0.25, -0.2) is 0 Å². The zero-order chi connectivity index (χ0) is 67.9. The quantitative estimate of drug-likeness (QED) is 0.0201. The Kier molecular flexibility index (Phi) is 70.6. The minimum atomic E-state index is -0.378. The molecule has 12 heteroatoms. The van der Waals surface area contributed by atoms with Crippen LogP contribution in [0, 0.1) is 0 Å². The Bertz CT molecular complexity index is 1580. The molecule has 1 aliphatic heterocycles. The van der Waals surface area contributed by atoms with Gasteiger partial charge in [-0.1, -0.05) is 291 Å². The maximum Gasteiger partial charge on any atom is 0.305 e. The van der Waals surface area contributed by atoms with Crippen LogP contribution in [0.2, 0.25) is 0 Å². The standard InChI is InChI=1S/C82H158N4O6S2/c1-5-9-13-17-21-25-29-31-33-35-39-43-47-51-60-80(89)76-86(77-81(90)61-52-48-44-40-36-34-32-30-26-22-18-14-10-6-2)64-55-56-72-93-94-73-57-65-83-66-68-84(69-67-83)70-71-92-82(91)62-53-54-63-85(74-78(87)58-49-45-41-37-27-23-19-15-11-7-3)75-79(88)59-50-46-42-38-28-24-20-16-12-8-4/h21-22,25-26,31-34,78-81,87-90H,5-20,23-24,27-30,35-77H2,1-4H3/b25-21-,26-22-,33-31-,34-32-. The maximum absolute atomic E-state index is 12.8. The lowest BCUT2D eigenvalue weighted by atomic mass is 10.0. The van der Waals surface area contributed by atoms with Crippen molar-refractivity contribution < 1.29 is 30.0 Å². The van der Waals surface area contributed by atoms with Gasteiger partial charge in [0, 0.05) is 76.8 Å². The molecule has 1 aliphatic rings. The van der Waals surface area contributed by atoms with Crippen molar-refractivity contribution in [2.45, 2.75) is 373 Å². The van der Waals surface area contributed by atoms with E-state index in [1.165, 1.54) is 212 Å². The van der Waals surface area contributed by atoms with Crippen molar-refractivity contribution in [1.82, 2.24) is 19.6 Å². The van der Waals surface area contributed by atoms with E-state index in [1.807, 2.05) is 21.6 Å². The van der Waals surface area contributed by atoms with Crippen LogP contribution in [-0.4, -0.2) is 167 Å². The maximum atomic E-state index is 12.8. The third-order valence-electron chi connectivity index (χ3n) is 19.1. The number of unbranched alkanes of at least 4 members (excludes halogenated alkanes) is 34. The molecule has 0 aromatic heterocycles. The molecular weight excluding hydrogens is 1200 g/mol. The molecule has 4 atom stereocenters. The fourth-order valence-corrected chi connectivity index (χ4v) is 15.2. The van der Waals surface area contributed by atoms with Gasteiger partial charge in [0.1, 0.15) is 6.61 Å². The summed E-state index contributed by atoms with van der Waals surface area (Å²) >= 11 is 0. The Morgan fingerprint density at radius 2 is 0.660 bits per heavy atom. The first kappa shape index (κ1) is 90.8. The van der Waals surface area contributed by atoms with Gasteiger partial charge in [-0.15, -0.1) is 0 Å². The zero-order valence-electron chi connectivity index (χ0n) is 62.6. The van der Waals surface area contributed by atoms with Gasteiger partial charge in [0.25, 0.3) is 0 Å². The predicted octanol–water partition coefficient (Wildman–Crippen LogP) is 21.4. The Labute approximate surface area is 592 Å². The number of aliphatic hydroxyl groups excluding tert-OH is 4. The van der Waals surface area contributed by atoms with Crippen molar-refractivity contribution in [3.8, 4) is 0 Å².